The number of carbonyl (C=O) groups is 3. The number of nitrogens with zero attached hydrogens (tertiary/aromatic N) is 1. The molecule has 0 bridgehead atoms. The third-order valence-corrected chi connectivity index (χ3v) is 7.61. The number of rotatable bonds is 7. The summed E-state index contributed by atoms with van der Waals surface area (Å²) in [5, 5.41) is 2.30. The Balaban J connectivity index is 1.38. The summed E-state index contributed by atoms with van der Waals surface area (Å²) in [7, 11) is 0. The van der Waals surface area contributed by atoms with Crippen LogP contribution in [-0.2, 0) is 9.59 Å². The number of imide groups is 1. The maximum Gasteiger partial charge on any atom is 0.294 e. The van der Waals surface area contributed by atoms with Crippen LogP contribution in [0, 0.1) is 6.92 Å². The zero-order valence-corrected chi connectivity index (χ0v) is 21.1. The molecule has 172 valence electrons. The van der Waals surface area contributed by atoms with Crippen LogP contribution in [0.25, 0.3) is 6.08 Å². The summed E-state index contributed by atoms with van der Waals surface area (Å²) in [6.07, 6.45) is 3.63. The standard InChI is InChI=1S/C26H22N2O3S3/c1-17-6-10-20(11-7-17)33-21-12-8-18(9-13-21)14-23-25(30)28(26(31)34-23)16-24(29)27-19-4-3-5-22(15-19)32-2/h3-15H,16H2,1-2H3,(H,27,29)/b23-14-. The highest BCUT2D eigenvalue weighted by molar-refractivity contribution is 8.18. The molecule has 0 radical (unpaired) electrons. The van der Waals surface area contributed by atoms with Gasteiger partial charge in [-0.3, -0.25) is 19.3 Å². The van der Waals surface area contributed by atoms with Crippen LogP contribution < -0.4 is 5.32 Å². The summed E-state index contributed by atoms with van der Waals surface area (Å²) in [5.41, 5.74) is 2.66. The van der Waals surface area contributed by atoms with E-state index in [-0.39, 0.29) is 6.54 Å². The maximum absolute atomic E-state index is 12.8. The Hall–Kier alpha value is -2.94. The highest BCUT2D eigenvalue weighted by atomic mass is 32.2. The molecule has 1 N–H and O–H groups in total. The number of nitrogens with one attached hydrogen (secondary N) is 1. The van der Waals surface area contributed by atoms with E-state index in [0.29, 0.717) is 10.6 Å². The number of hydrogen-bond donors (Lipinski definition) is 1. The molecule has 8 heteroatoms. The lowest BCUT2D eigenvalue weighted by Gasteiger charge is -2.12. The molecule has 0 aliphatic carbocycles. The quantitative estimate of drug-likeness (QED) is 0.290. The Morgan fingerprint density at radius 3 is 2.32 bits per heavy atom. The van der Waals surface area contributed by atoms with E-state index in [1.54, 1.807) is 35.7 Å². The molecular weight excluding hydrogens is 484 g/mol. The van der Waals surface area contributed by atoms with Crippen molar-refractivity contribution < 1.29 is 14.4 Å². The summed E-state index contributed by atoms with van der Waals surface area (Å²) in [6, 6.07) is 23.5. The van der Waals surface area contributed by atoms with E-state index in [1.165, 1.54) is 5.56 Å². The average molecular weight is 507 g/mol. The van der Waals surface area contributed by atoms with Gasteiger partial charge in [0.15, 0.2) is 0 Å². The van der Waals surface area contributed by atoms with Crippen molar-refractivity contribution in [2.45, 2.75) is 21.6 Å². The Bertz CT molecular complexity index is 1260. The molecule has 3 amide bonds. The monoisotopic (exact) mass is 506 g/mol. The highest BCUT2D eigenvalue weighted by Gasteiger charge is 2.36. The lowest BCUT2D eigenvalue weighted by atomic mass is 10.2. The molecule has 0 aromatic heterocycles. The van der Waals surface area contributed by atoms with Gasteiger partial charge in [0.2, 0.25) is 5.91 Å². The summed E-state index contributed by atoms with van der Waals surface area (Å²) < 4.78 is 0. The average Bonchev–Trinajstić information content (AvgIpc) is 3.09. The SMILES string of the molecule is CSc1cccc(NC(=O)CN2C(=O)S/C(=C\c3ccc(Sc4ccc(C)cc4)cc3)C2=O)c1. The number of hydrogen-bond acceptors (Lipinski definition) is 6. The van der Waals surface area contributed by atoms with E-state index in [0.717, 1.165) is 36.9 Å². The normalized spacial score (nSPS) is 14.6. The topological polar surface area (TPSA) is 66.5 Å². The largest absolute Gasteiger partial charge is 0.324 e. The fourth-order valence-corrected chi connectivity index (χ4v) is 5.32. The molecule has 5 nitrogen and oxygen atoms in total. The first-order chi connectivity index (χ1) is 16.4. The lowest BCUT2D eigenvalue weighted by molar-refractivity contribution is -0.127. The van der Waals surface area contributed by atoms with Crippen LogP contribution in [0.2, 0.25) is 0 Å². The number of aryl methyl sites for hydroxylation is 1. The van der Waals surface area contributed by atoms with Crippen LogP contribution in [0.15, 0.2) is 92.4 Å². The fraction of sp³-hybridized carbons (Fsp3) is 0.115. The van der Waals surface area contributed by atoms with Crippen molar-refractivity contribution in [1.82, 2.24) is 4.90 Å². The third kappa shape index (κ3) is 6.14. The van der Waals surface area contributed by atoms with Gasteiger partial charge in [-0.05, 0) is 79.0 Å². The van der Waals surface area contributed by atoms with Gasteiger partial charge in [0, 0.05) is 20.4 Å². The summed E-state index contributed by atoms with van der Waals surface area (Å²) in [4.78, 5) is 42.1. The van der Waals surface area contributed by atoms with Crippen molar-refractivity contribution >= 4 is 64.1 Å². The number of anilines is 1. The number of carbonyl (C=O) groups excluding carboxylic acids is 3. The van der Waals surface area contributed by atoms with Crippen molar-refractivity contribution in [2.24, 2.45) is 0 Å². The van der Waals surface area contributed by atoms with Gasteiger partial charge in [-0.1, -0.05) is 47.7 Å². The number of amides is 3. The summed E-state index contributed by atoms with van der Waals surface area (Å²) in [6.45, 7) is 1.74. The smallest absolute Gasteiger partial charge is 0.294 e. The third-order valence-electron chi connectivity index (χ3n) is 4.96. The van der Waals surface area contributed by atoms with Crippen molar-refractivity contribution in [1.29, 1.82) is 0 Å². The first kappa shape index (κ1) is 24.2. The van der Waals surface area contributed by atoms with Crippen LogP contribution in [0.4, 0.5) is 10.5 Å². The van der Waals surface area contributed by atoms with Crippen LogP contribution >= 0.6 is 35.3 Å². The van der Waals surface area contributed by atoms with Gasteiger partial charge in [0.05, 0.1) is 4.91 Å². The molecule has 34 heavy (non-hydrogen) atoms. The molecule has 1 aliphatic heterocycles. The predicted molar refractivity (Wildman–Crippen MR) is 141 cm³/mol. The van der Waals surface area contributed by atoms with E-state index in [9.17, 15) is 14.4 Å². The lowest BCUT2D eigenvalue weighted by Crippen LogP contribution is -2.36. The molecule has 0 saturated carbocycles. The van der Waals surface area contributed by atoms with Gasteiger partial charge in [-0.2, -0.15) is 0 Å². The molecular formula is C26H22N2O3S3. The molecule has 1 aliphatic rings. The van der Waals surface area contributed by atoms with Crippen molar-refractivity contribution in [3.05, 3.63) is 88.8 Å². The van der Waals surface area contributed by atoms with Gasteiger partial charge < -0.3 is 5.32 Å². The van der Waals surface area contributed by atoms with Gasteiger partial charge in [0.25, 0.3) is 11.1 Å². The fourth-order valence-electron chi connectivity index (χ4n) is 3.21. The second-order valence-corrected chi connectivity index (χ2v) is 10.6. The number of benzene rings is 3. The Labute approximate surface area is 211 Å². The molecule has 1 heterocycles. The van der Waals surface area contributed by atoms with Crippen molar-refractivity contribution in [2.75, 3.05) is 18.1 Å². The van der Waals surface area contributed by atoms with Gasteiger partial charge in [-0.25, -0.2) is 0 Å². The second kappa shape index (κ2) is 11.0. The summed E-state index contributed by atoms with van der Waals surface area (Å²) in [5.74, 6) is -0.875. The van der Waals surface area contributed by atoms with Crippen molar-refractivity contribution in [3.63, 3.8) is 0 Å². The van der Waals surface area contributed by atoms with E-state index >= 15 is 0 Å². The van der Waals surface area contributed by atoms with E-state index in [2.05, 4.69) is 36.5 Å². The molecule has 3 aromatic carbocycles. The Morgan fingerprint density at radius 2 is 1.65 bits per heavy atom. The van der Waals surface area contributed by atoms with Crippen LogP contribution in [0.5, 0.6) is 0 Å². The Kier molecular flexibility index (Phi) is 7.82. The highest BCUT2D eigenvalue weighted by Crippen LogP contribution is 2.33. The Morgan fingerprint density at radius 1 is 0.971 bits per heavy atom. The van der Waals surface area contributed by atoms with E-state index in [4.69, 9.17) is 0 Å². The minimum Gasteiger partial charge on any atom is -0.324 e. The molecule has 1 fully saturated rings. The van der Waals surface area contributed by atoms with Crippen LogP contribution in [0.1, 0.15) is 11.1 Å². The first-order valence-corrected chi connectivity index (χ1v) is 13.3. The molecule has 1 saturated heterocycles. The van der Waals surface area contributed by atoms with Crippen molar-refractivity contribution in [3.8, 4) is 0 Å². The van der Waals surface area contributed by atoms with Gasteiger partial charge >= 0.3 is 0 Å². The van der Waals surface area contributed by atoms with Crippen LogP contribution in [0.3, 0.4) is 0 Å². The van der Waals surface area contributed by atoms with E-state index in [1.807, 2.05) is 48.7 Å². The van der Waals surface area contributed by atoms with Gasteiger partial charge in [-0.15, -0.1) is 11.8 Å². The molecule has 4 rings (SSSR count). The molecule has 0 spiro atoms. The molecule has 3 aromatic rings. The first-order valence-electron chi connectivity index (χ1n) is 10.4. The maximum atomic E-state index is 12.8. The minimum atomic E-state index is -0.457. The zero-order valence-electron chi connectivity index (χ0n) is 18.6. The van der Waals surface area contributed by atoms with Gasteiger partial charge in [0.1, 0.15) is 6.54 Å². The molecule has 0 atom stereocenters. The zero-order chi connectivity index (χ0) is 24.1. The van der Waals surface area contributed by atoms with Crippen LogP contribution in [-0.4, -0.2) is 34.8 Å². The molecule has 0 unspecified atom stereocenters. The van der Waals surface area contributed by atoms with E-state index < -0.39 is 17.1 Å². The predicted octanol–water partition coefficient (Wildman–Crippen LogP) is 6.54. The summed E-state index contributed by atoms with van der Waals surface area (Å²) >= 11 is 4.07. The minimum absolute atomic E-state index is 0.307. The second-order valence-electron chi connectivity index (χ2n) is 7.53. The number of thioether (sulfide) groups is 2.